The fraction of sp³-hybridized carbons (Fsp3) is 0.650. The Labute approximate surface area is 160 Å². The second-order valence-corrected chi connectivity index (χ2v) is 7.37. The Kier molecular flexibility index (Phi) is 8.94. The highest BCUT2D eigenvalue weighted by Gasteiger charge is 2.22. The van der Waals surface area contributed by atoms with Crippen molar-refractivity contribution in [2.45, 2.75) is 44.6 Å². The Morgan fingerprint density at radius 3 is 2.56 bits per heavy atom. The minimum Gasteiger partial charge on any atom is -0.410 e. The van der Waals surface area contributed by atoms with Crippen molar-refractivity contribution < 1.29 is 23.0 Å². The van der Waals surface area contributed by atoms with E-state index >= 15 is 0 Å². The molecule has 1 aromatic rings. The maximum atomic E-state index is 13.1. The SMILES string of the molecule is CN(C)CCCCOC1CCC(CNC(=O)Oc2ccc(F)c(F)c2)CC1. The normalized spacial score (nSPS) is 19.9. The lowest BCUT2D eigenvalue weighted by atomic mass is 9.87. The molecule has 0 unspecified atom stereocenters. The molecule has 1 fully saturated rings. The number of amides is 1. The van der Waals surface area contributed by atoms with Gasteiger partial charge in [0.2, 0.25) is 0 Å². The molecule has 2 rings (SSSR count). The van der Waals surface area contributed by atoms with Gasteiger partial charge in [-0.15, -0.1) is 0 Å². The van der Waals surface area contributed by atoms with Gasteiger partial charge < -0.3 is 19.7 Å². The number of ether oxygens (including phenoxy) is 2. The molecule has 0 aliphatic heterocycles. The van der Waals surface area contributed by atoms with Gasteiger partial charge in [-0.25, -0.2) is 13.6 Å². The number of benzene rings is 1. The number of halogens is 2. The molecule has 5 nitrogen and oxygen atoms in total. The summed E-state index contributed by atoms with van der Waals surface area (Å²) in [5.74, 6) is -1.64. The Morgan fingerprint density at radius 2 is 1.89 bits per heavy atom. The van der Waals surface area contributed by atoms with Crippen LogP contribution in [0, 0.1) is 17.6 Å². The van der Waals surface area contributed by atoms with Crippen LogP contribution in [0.5, 0.6) is 5.75 Å². The summed E-state index contributed by atoms with van der Waals surface area (Å²) < 4.78 is 36.9. The van der Waals surface area contributed by atoms with E-state index in [4.69, 9.17) is 9.47 Å². The van der Waals surface area contributed by atoms with Crippen LogP contribution < -0.4 is 10.1 Å². The quantitative estimate of drug-likeness (QED) is 0.655. The van der Waals surface area contributed by atoms with E-state index in [-0.39, 0.29) is 5.75 Å². The average Bonchev–Trinajstić information content (AvgIpc) is 2.63. The first-order valence-corrected chi connectivity index (χ1v) is 9.61. The largest absolute Gasteiger partial charge is 0.412 e. The first-order valence-electron chi connectivity index (χ1n) is 9.61. The van der Waals surface area contributed by atoms with Crippen molar-refractivity contribution in [3.63, 3.8) is 0 Å². The topological polar surface area (TPSA) is 50.8 Å². The van der Waals surface area contributed by atoms with Crippen LogP contribution >= 0.6 is 0 Å². The summed E-state index contributed by atoms with van der Waals surface area (Å²) in [6, 6.07) is 3.01. The highest BCUT2D eigenvalue weighted by molar-refractivity contribution is 5.70. The van der Waals surface area contributed by atoms with Crippen molar-refractivity contribution in [2.75, 3.05) is 33.8 Å². The van der Waals surface area contributed by atoms with Crippen molar-refractivity contribution in [2.24, 2.45) is 5.92 Å². The zero-order chi connectivity index (χ0) is 19.6. The Bertz CT molecular complexity index is 591. The first-order chi connectivity index (χ1) is 12.9. The average molecular weight is 384 g/mol. The van der Waals surface area contributed by atoms with Crippen molar-refractivity contribution >= 4 is 6.09 Å². The molecule has 0 radical (unpaired) electrons. The number of nitrogens with one attached hydrogen (secondary N) is 1. The van der Waals surface area contributed by atoms with Crippen molar-refractivity contribution in [1.82, 2.24) is 10.2 Å². The molecule has 0 bridgehead atoms. The van der Waals surface area contributed by atoms with Gasteiger partial charge in [-0.2, -0.15) is 0 Å². The van der Waals surface area contributed by atoms with Gasteiger partial charge >= 0.3 is 6.09 Å². The van der Waals surface area contributed by atoms with Gasteiger partial charge in [-0.1, -0.05) is 0 Å². The number of nitrogens with zero attached hydrogens (tertiary/aromatic N) is 1. The summed E-state index contributed by atoms with van der Waals surface area (Å²) in [7, 11) is 4.15. The maximum Gasteiger partial charge on any atom is 0.412 e. The first kappa shape index (κ1) is 21.6. The van der Waals surface area contributed by atoms with E-state index in [0.29, 0.717) is 18.6 Å². The Hall–Kier alpha value is -1.73. The fourth-order valence-electron chi connectivity index (χ4n) is 3.19. The van der Waals surface area contributed by atoms with E-state index in [9.17, 15) is 13.6 Å². The third-order valence-corrected chi connectivity index (χ3v) is 4.78. The summed E-state index contributed by atoms with van der Waals surface area (Å²) in [5, 5.41) is 2.70. The van der Waals surface area contributed by atoms with Gasteiger partial charge in [0.1, 0.15) is 5.75 Å². The molecular weight excluding hydrogens is 354 g/mol. The molecule has 1 saturated carbocycles. The summed E-state index contributed by atoms with van der Waals surface area (Å²) in [6.45, 7) is 2.41. The van der Waals surface area contributed by atoms with Crippen LogP contribution in [0.25, 0.3) is 0 Å². The zero-order valence-electron chi connectivity index (χ0n) is 16.2. The van der Waals surface area contributed by atoms with Crippen molar-refractivity contribution in [3.05, 3.63) is 29.8 Å². The molecule has 27 heavy (non-hydrogen) atoms. The van der Waals surface area contributed by atoms with Gasteiger partial charge in [0.25, 0.3) is 0 Å². The molecule has 1 aliphatic rings. The predicted octanol–water partition coefficient (Wildman–Crippen LogP) is 3.97. The molecule has 0 heterocycles. The molecule has 0 saturated heterocycles. The lowest BCUT2D eigenvalue weighted by Gasteiger charge is -2.28. The smallest absolute Gasteiger partial charge is 0.410 e. The predicted molar refractivity (Wildman–Crippen MR) is 99.9 cm³/mol. The van der Waals surface area contributed by atoms with E-state index < -0.39 is 17.7 Å². The van der Waals surface area contributed by atoms with Crippen LogP contribution in [0.3, 0.4) is 0 Å². The van der Waals surface area contributed by atoms with Crippen LogP contribution in [-0.2, 0) is 4.74 Å². The van der Waals surface area contributed by atoms with Gasteiger partial charge in [-0.05, 0) is 77.2 Å². The van der Waals surface area contributed by atoms with Crippen LogP contribution in [0.4, 0.5) is 13.6 Å². The number of carbonyl (C=O) groups is 1. The second kappa shape index (κ2) is 11.2. The monoisotopic (exact) mass is 384 g/mol. The minimum absolute atomic E-state index is 0.0159. The number of carbonyl (C=O) groups excluding carboxylic acids is 1. The van der Waals surface area contributed by atoms with E-state index in [0.717, 1.165) is 63.8 Å². The van der Waals surface area contributed by atoms with Gasteiger partial charge in [0.05, 0.1) is 6.10 Å². The fourth-order valence-corrected chi connectivity index (χ4v) is 3.19. The molecule has 1 N–H and O–H groups in total. The highest BCUT2D eigenvalue weighted by atomic mass is 19.2. The summed E-state index contributed by atoms with van der Waals surface area (Å²) in [5.41, 5.74) is 0. The van der Waals surface area contributed by atoms with Gasteiger partial charge in [-0.3, -0.25) is 0 Å². The Morgan fingerprint density at radius 1 is 1.15 bits per heavy atom. The summed E-state index contributed by atoms with van der Waals surface area (Å²) in [6.07, 6.45) is 5.87. The van der Waals surface area contributed by atoms with E-state index in [1.165, 1.54) is 6.07 Å². The van der Waals surface area contributed by atoms with Crippen molar-refractivity contribution in [3.8, 4) is 5.75 Å². The summed E-state index contributed by atoms with van der Waals surface area (Å²) >= 11 is 0. The molecule has 1 aliphatic carbocycles. The minimum atomic E-state index is -1.04. The van der Waals surface area contributed by atoms with E-state index in [1.807, 2.05) is 0 Å². The molecule has 0 spiro atoms. The van der Waals surface area contributed by atoms with Crippen LogP contribution in [0.2, 0.25) is 0 Å². The molecule has 152 valence electrons. The molecule has 7 heteroatoms. The van der Waals surface area contributed by atoms with E-state index in [2.05, 4.69) is 24.3 Å². The third kappa shape index (κ3) is 8.22. The second-order valence-electron chi connectivity index (χ2n) is 7.37. The lowest BCUT2D eigenvalue weighted by Crippen LogP contribution is -2.34. The molecule has 0 aromatic heterocycles. The summed E-state index contributed by atoms with van der Waals surface area (Å²) in [4.78, 5) is 14.0. The zero-order valence-corrected chi connectivity index (χ0v) is 16.2. The number of hydrogen-bond acceptors (Lipinski definition) is 4. The lowest BCUT2D eigenvalue weighted by molar-refractivity contribution is 0.0161. The maximum absolute atomic E-state index is 13.1. The third-order valence-electron chi connectivity index (χ3n) is 4.78. The number of hydrogen-bond donors (Lipinski definition) is 1. The highest BCUT2D eigenvalue weighted by Crippen LogP contribution is 2.26. The molecule has 1 aromatic carbocycles. The van der Waals surface area contributed by atoms with Gasteiger partial charge in [0.15, 0.2) is 11.6 Å². The molecule has 1 amide bonds. The molecular formula is C20H30F2N2O3. The number of unbranched alkanes of at least 4 members (excludes halogenated alkanes) is 1. The van der Waals surface area contributed by atoms with E-state index in [1.54, 1.807) is 0 Å². The van der Waals surface area contributed by atoms with Crippen LogP contribution in [0.15, 0.2) is 18.2 Å². The van der Waals surface area contributed by atoms with Gasteiger partial charge in [0, 0.05) is 19.2 Å². The van der Waals surface area contributed by atoms with Crippen LogP contribution in [0.1, 0.15) is 38.5 Å². The number of rotatable bonds is 9. The Balaban J connectivity index is 1.57. The van der Waals surface area contributed by atoms with Crippen LogP contribution in [-0.4, -0.2) is 50.9 Å². The van der Waals surface area contributed by atoms with Crippen molar-refractivity contribution in [1.29, 1.82) is 0 Å². The molecule has 0 atom stereocenters. The standard InChI is InChI=1S/C20H30F2N2O3/c1-24(2)11-3-4-12-26-16-7-5-15(6-8-16)14-23-20(25)27-17-9-10-18(21)19(22)13-17/h9-10,13,15-16H,3-8,11-12,14H2,1-2H3,(H,23,25).